The Morgan fingerprint density at radius 1 is 1.45 bits per heavy atom. The Hall–Kier alpha value is -0.610. The monoisotopic (exact) mass is 160 g/mol. The number of rotatable bonds is 1. The SMILES string of the molecule is CC1C(=O)O[C@@H](C(O)O)C1C. The summed E-state index contributed by atoms with van der Waals surface area (Å²) in [6.07, 6.45) is -2.31. The molecule has 0 radical (unpaired) electrons. The van der Waals surface area contributed by atoms with Crippen LogP contribution >= 0.6 is 0 Å². The molecule has 0 bridgehead atoms. The van der Waals surface area contributed by atoms with Crippen molar-refractivity contribution in [2.24, 2.45) is 11.8 Å². The van der Waals surface area contributed by atoms with E-state index in [0.29, 0.717) is 0 Å². The molecule has 0 aromatic rings. The normalized spacial score (nSPS) is 37.9. The molecule has 0 aromatic carbocycles. The molecule has 1 aliphatic heterocycles. The van der Waals surface area contributed by atoms with Crippen LogP contribution in [0.3, 0.4) is 0 Å². The quantitative estimate of drug-likeness (QED) is 0.400. The lowest BCUT2D eigenvalue weighted by atomic mass is 9.94. The lowest BCUT2D eigenvalue weighted by molar-refractivity contribution is -0.165. The summed E-state index contributed by atoms with van der Waals surface area (Å²) >= 11 is 0. The Balaban J connectivity index is 2.67. The number of aliphatic hydroxyl groups excluding tert-OH is 1. The molecule has 64 valence electrons. The van der Waals surface area contributed by atoms with Crippen molar-refractivity contribution in [2.75, 3.05) is 0 Å². The first-order chi connectivity index (χ1) is 5.04. The van der Waals surface area contributed by atoms with E-state index in [1.807, 2.05) is 0 Å². The number of aliphatic hydroxyl groups is 2. The topological polar surface area (TPSA) is 66.8 Å². The van der Waals surface area contributed by atoms with Gasteiger partial charge in [-0.05, 0) is 0 Å². The first kappa shape index (κ1) is 8.49. The highest BCUT2D eigenvalue weighted by Crippen LogP contribution is 2.28. The van der Waals surface area contributed by atoms with E-state index < -0.39 is 12.4 Å². The van der Waals surface area contributed by atoms with Gasteiger partial charge >= 0.3 is 5.97 Å². The van der Waals surface area contributed by atoms with Gasteiger partial charge in [-0.3, -0.25) is 4.79 Å². The predicted octanol–water partition coefficient (Wildman–Crippen LogP) is -0.505. The van der Waals surface area contributed by atoms with Crippen LogP contribution in [0.1, 0.15) is 13.8 Å². The summed E-state index contributed by atoms with van der Waals surface area (Å²) in [4.78, 5) is 10.9. The molecular formula is C7H12O4. The number of carbonyl (C=O) groups is 1. The fraction of sp³-hybridized carbons (Fsp3) is 0.857. The van der Waals surface area contributed by atoms with Crippen molar-refractivity contribution >= 4 is 5.97 Å². The molecule has 1 aliphatic rings. The second kappa shape index (κ2) is 2.79. The van der Waals surface area contributed by atoms with Crippen LogP contribution in [0.15, 0.2) is 0 Å². The van der Waals surface area contributed by atoms with Crippen molar-refractivity contribution in [3.8, 4) is 0 Å². The van der Waals surface area contributed by atoms with E-state index >= 15 is 0 Å². The van der Waals surface area contributed by atoms with Crippen molar-refractivity contribution in [3.63, 3.8) is 0 Å². The molecule has 1 saturated heterocycles. The summed E-state index contributed by atoms with van der Waals surface area (Å²) in [6.45, 7) is 3.48. The molecule has 3 atom stereocenters. The molecule has 4 heteroatoms. The Bertz CT molecular complexity index is 166. The number of esters is 1. The van der Waals surface area contributed by atoms with Crippen molar-refractivity contribution in [3.05, 3.63) is 0 Å². The van der Waals surface area contributed by atoms with Gasteiger partial charge in [-0.1, -0.05) is 13.8 Å². The van der Waals surface area contributed by atoms with Gasteiger partial charge < -0.3 is 14.9 Å². The van der Waals surface area contributed by atoms with Crippen molar-refractivity contribution in [1.82, 2.24) is 0 Å². The molecule has 0 saturated carbocycles. The molecule has 0 amide bonds. The van der Waals surface area contributed by atoms with Crippen LogP contribution in [0.25, 0.3) is 0 Å². The summed E-state index contributed by atoms with van der Waals surface area (Å²) in [5, 5.41) is 17.5. The third-order valence-corrected chi connectivity index (χ3v) is 2.22. The average molecular weight is 160 g/mol. The maximum absolute atomic E-state index is 10.9. The second-order valence-corrected chi connectivity index (χ2v) is 2.96. The largest absolute Gasteiger partial charge is 0.456 e. The van der Waals surface area contributed by atoms with Gasteiger partial charge in [-0.25, -0.2) is 0 Å². The minimum atomic E-state index is -1.56. The van der Waals surface area contributed by atoms with Gasteiger partial charge in [-0.15, -0.1) is 0 Å². The summed E-state index contributed by atoms with van der Waals surface area (Å²) < 4.78 is 4.71. The highest BCUT2D eigenvalue weighted by atomic mass is 16.6. The van der Waals surface area contributed by atoms with Gasteiger partial charge in [0.05, 0.1) is 5.92 Å². The fourth-order valence-electron chi connectivity index (χ4n) is 1.18. The van der Waals surface area contributed by atoms with Gasteiger partial charge in [0.25, 0.3) is 0 Å². The summed E-state index contributed by atoms with van der Waals surface area (Å²) in [7, 11) is 0. The van der Waals surface area contributed by atoms with Crippen LogP contribution in [0, 0.1) is 11.8 Å². The van der Waals surface area contributed by atoms with Crippen LogP contribution in [-0.4, -0.2) is 28.6 Å². The van der Waals surface area contributed by atoms with Gasteiger partial charge in [0.15, 0.2) is 12.4 Å². The lowest BCUT2D eigenvalue weighted by Crippen LogP contribution is -2.30. The molecular weight excluding hydrogens is 148 g/mol. The standard InChI is InChI=1S/C7H12O4/c1-3-4(2)7(10)11-5(3)6(8)9/h3-6,8-9H,1-2H3/t3?,4?,5-/m1/s1. The number of cyclic esters (lactones) is 1. The molecule has 4 nitrogen and oxygen atoms in total. The van der Waals surface area contributed by atoms with E-state index in [4.69, 9.17) is 14.9 Å². The van der Waals surface area contributed by atoms with Crippen LogP contribution in [-0.2, 0) is 9.53 Å². The van der Waals surface area contributed by atoms with E-state index in [0.717, 1.165) is 0 Å². The molecule has 2 N–H and O–H groups in total. The molecule has 2 unspecified atom stereocenters. The van der Waals surface area contributed by atoms with Crippen molar-refractivity contribution < 1.29 is 19.7 Å². The number of hydrogen-bond donors (Lipinski definition) is 2. The maximum Gasteiger partial charge on any atom is 0.309 e. The van der Waals surface area contributed by atoms with E-state index in [2.05, 4.69) is 0 Å². The van der Waals surface area contributed by atoms with Crippen LogP contribution in [0.5, 0.6) is 0 Å². The van der Waals surface area contributed by atoms with Crippen molar-refractivity contribution in [1.29, 1.82) is 0 Å². The molecule has 0 spiro atoms. The first-order valence-corrected chi connectivity index (χ1v) is 3.60. The minimum Gasteiger partial charge on any atom is -0.456 e. The number of carbonyl (C=O) groups excluding carboxylic acids is 1. The maximum atomic E-state index is 10.9. The Morgan fingerprint density at radius 3 is 2.18 bits per heavy atom. The van der Waals surface area contributed by atoms with Gasteiger partial charge in [0.1, 0.15) is 0 Å². The average Bonchev–Trinajstić information content (AvgIpc) is 2.17. The molecule has 1 rings (SSSR count). The van der Waals surface area contributed by atoms with Gasteiger partial charge in [-0.2, -0.15) is 0 Å². The van der Waals surface area contributed by atoms with Gasteiger partial charge in [0, 0.05) is 5.92 Å². The third-order valence-electron chi connectivity index (χ3n) is 2.22. The smallest absolute Gasteiger partial charge is 0.309 e. The van der Waals surface area contributed by atoms with E-state index in [9.17, 15) is 4.79 Å². The predicted molar refractivity (Wildman–Crippen MR) is 36.4 cm³/mol. The summed E-state index contributed by atoms with van der Waals surface area (Å²) in [6, 6.07) is 0. The molecule has 0 aliphatic carbocycles. The van der Waals surface area contributed by atoms with Crippen LogP contribution in [0.4, 0.5) is 0 Å². The number of ether oxygens (including phenoxy) is 1. The zero-order valence-corrected chi connectivity index (χ0v) is 6.52. The fourth-order valence-corrected chi connectivity index (χ4v) is 1.18. The molecule has 1 heterocycles. The van der Waals surface area contributed by atoms with E-state index in [1.165, 1.54) is 0 Å². The Kier molecular flexibility index (Phi) is 2.15. The molecule has 0 aromatic heterocycles. The van der Waals surface area contributed by atoms with Crippen LogP contribution < -0.4 is 0 Å². The second-order valence-electron chi connectivity index (χ2n) is 2.96. The highest BCUT2D eigenvalue weighted by Gasteiger charge is 2.41. The minimum absolute atomic E-state index is 0.123. The molecule has 1 fully saturated rings. The number of hydrogen-bond acceptors (Lipinski definition) is 4. The van der Waals surface area contributed by atoms with Gasteiger partial charge in [0.2, 0.25) is 0 Å². The lowest BCUT2D eigenvalue weighted by Gasteiger charge is -2.15. The third kappa shape index (κ3) is 1.36. The Morgan fingerprint density at radius 2 is 2.00 bits per heavy atom. The first-order valence-electron chi connectivity index (χ1n) is 3.60. The van der Waals surface area contributed by atoms with E-state index in [1.54, 1.807) is 13.8 Å². The van der Waals surface area contributed by atoms with Crippen molar-refractivity contribution in [2.45, 2.75) is 26.2 Å². The zero-order chi connectivity index (χ0) is 8.59. The van der Waals surface area contributed by atoms with E-state index in [-0.39, 0.29) is 17.8 Å². The zero-order valence-electron chi connectivity index (χ0n) is 6.52. The Labute approximate surface area is 64.8 Å². The van der Waals surface area contributed by atoms with Crippen LogP contribution in [0.2, 0.25) is 0 Å². The highest BCUT2D eigenvalue weighted by molar-refractivity contribution is 5.74. The molecule has 11 heavy (non-hydrogen) atoms. The summed E-state index contributed by atoms with van der Waals surface area (Å²) in [5.74, 6) is -0.708. The summed E-state index contributed by atoms with van der Waals surface area (Å²) in [5.41, 5.74) is 0.